The van der Waals surface area contributed by atoms with Gasteiger partial charge in [0.05, 0.1) is 0 Å². The highest BCUT2D eigenvalue weighted by molar-refractivity contribution is 5.93. The van der Waals surface area contributed by atoms with Crippen molar-refractivity contribution in [3.8, 4) is 0 Å². The number of nitrogens with zero attached hydrogens (tertiary/aromatic N) is 1. The number of aromatic nitrogens is 1. The van der Waals surface area contributed by atoms with E-state index < -0.39 is 17.5 Å². The van der Waals surface area contributed by atoms with Gasteiger partial charge in [-0.2, -0.15) is 0 Å². The summed E-state index contributed by atoms with van der Waals surface area (Å²) in [5, 5.41) is 2.47. The first-order valence-electron chi connectivity index (χ1n) is 5.63. The van der Waals surface area contributed by atoms with E-state index in [1.807, 2.05) is 0 Å². The van der Waals surface area contributed by atoms with Gasteiger partial charge in [0.2, 0.25) is 0 Å². The van der Waals surface area contributed by atoms with Crippen LogP contribution < -0.4 is 5.32 Å². The highest BCUT2D eigenvalue weighted by atomic mass is 19.1. The van der Waals surface area contributed by atoms with Crippen LogP contribution in [-0.4, -0.2) is 10.9 Å². The number of aryl methyl sites for hydroxylation is 2. The van der Waals surface area contributed by atoms with Gasteiger partial charge >= 0.3 is 0 Å². The maximum atomic E-state index is 13.4. The lowest BCUT2D eigenvalue weighted by Crippen LogP contribution is -2.24. The summed E-state index contributed by atoms with van der Waals surface area (Å²) in [6.07, 6.45) is 0. The summed E-state index contributed by atoms with van der Waals surface area (Å²) < 4.78 is 31.4. The molecule has 1 N–H and O–H groups in total. The summed E-state index contributed by atoms with van der Waals surface area (Å²) in [5.74, 6) is -0.860. The van der Waals surface area contributed by atoms with Crippen LogP contribution in [0.15, 0.2) is 22.6 Å². The zero-order valence-corrected chi connectivity index (χ0v) is 10.5. The average Bonchev–Trinajstić information content (AvgIpc) is 2.69. The summed E-state index contributed by atoms with van der Waals surface area (Å²) in [5.41, 5.74) is 0.223. The fourth-order valence-corrected chi connectivity index (χ4v) is 1.68. The predicted molar refractivity (Wildman–Crippen MR) is 63.5 cm³/mol. The van der Waals surface area contributed by atoms with E-state index in [4.69, 9.17) is 4.42 Å². The molecule has 2 rings (SSSR count). The Labute approximate surface area is 108 Å². The number of benzene rings is 1. The minimum atomic E-state index is -0.574. The van der Waals surface area contributed by atoms with Gasteiger partial charge in [-0.25, -0.2) is 13.8 Å². The van der Waals surface area contributed by atoms with Crippen molar-refractivity contribution in [3.05, 3.63) is 52.7 Å². The molecule has 2 aromatic rings. The quantitative estimate of drug-likeness (QED) is 0.928. The standard InChI is InChI=1S/C13H12F2N2O2/c1-7-12(17-8(2)19-7)13(18)16-6-9-5-10(14)3-4-11(9)15/h3-5H,6H2,1-2H3,(H,16,18). The third-order valence-electron chi connectivity index (χ3n) is 2.57. The molecule has 0 radical (unpaired) electrons. The molecule has 0 aliphatic carbocycles. The smallest absolute Gasteiger partial charge is 0.273 e. The van der Waals surface area contributed by atoms with Gasteiger partial charge in [0.15, 0.2) is 11.6 Å². The molecule has 0 unspecified atom stereocenters. The number of halogens is 2. The SMILES string of the molecule is Cc1nc(C(=O)NCc2cc(F)ccc2F)c(C)o1. The van der Waals surface area contributed by atoms with Crippen molar-refractivity contribution in [2.45, 2.75) is 20.4 Å². The van der Waals surface area contributed by atoms with E-state index in [2.05, 4.69) is 10.3 Å². The van der Waals surface area contributed by atoms with Crippen molar-refractivity contribution >= 4 is 5.91 Å². The number of nitrogens with one attached hydrogen (secondary N) is 1. The average molecular weight is 266 g/mol. The van der Waals surface area contributed by atoms with Crippen LogP contribution >= 0.6 is 0 Å². The van der Waals surface area contributed by atoms with E-state index in [1.165, 1.54) is 0 Å². The van der Waals surface area contributed by atoms with Gasteiger partial charge in [-0.15, -0.1) is 0 Å². The Morgan fingerprint density at radius 1 is 1.37 bits per heavy atom. The molecular formula is C13H12F2N2O2. The molecule has 100 valence electrons. The number of carbonyl (C=O) groups excluding carboxylic acids is 1. The van der Waals surface area contributed by atoms with E-state index in [1.54, 1.807) is 13.8 Å². The Balaban J connectivity index is 2.08. The molecule has 4 nitrogen and oxygen atoms in total. The van der Waals surface area contributed by atoms with Crippen molar-refractivity contribution in [1.82, 2.24) is 10.3 Å². The van der Waals surface area contributed by atoms with Crippen LogP contribution in [0.2, 0.25) is 0 Å². The first-order chi connectivity index (χ1) is 8.97. The van der Waals surface area contributed by atoms with E-state index in [9.17, 15) is 13.6 Å². The van der Waals surface area contributed by atoms with Gasteiger partial charge in [0, 0.05) is 19.0 Å². The van der Waals surface area contributed by atoms with Crippen LogP contribution in [-0.2, 0) is 6.54 Å². The van der Waals surface area contributed by atoms with Gasteiger partial charge in [0.1, 0.15) is 17.4 Å². The minimum absolute atomic E-state index is 0.0752. The molecule has 19 heavy (non-hydrogen) atoms. The van der Waals surface area contributed by atoms with Crippen molar-refractivity contribution < 1.29 is 18.0 Å². The number of oxazole rings is 1. The number of rotatable bonds is 3. The van der Waals surface area contributed by atoms with E-state index in [0.717, 1.165) is 18.2 Å². The summed E-state index contributed by atoms with van der Waals surface area (Å²) in [6, 6.07) is 3.07. The van der Waals surface area contributed by atoms with E-state index >= 15 is 0 Å². The van der Waals surface area contributed by atoms with Crippen LogP contribution in [0.25, 0.3) is 0 Å². The maximum absolute atomic E-state index is 13.4. The van der Waals surface area contributed by atoms with E-state index in [-0.39, 0.29) is 17.8 Å². The predicted octanol–water partition coefficient (Wildman–Crippen LogP) is 2.50. The lowest BCUT2D eigenvalue weighted by Gasteiger charge is -2.05. The molecule has 1 amide bonds. The number of amides is 1. The molecular weight excluding hydrogens is 254 g/mol. The molecule has 0 fully saturated rings. The third-order valence-corrected chi connectivity index (χ3v) is 2.57. The second kappa shape index (κ2) is 5.17. The maximum Gasteiger partial charge on any atom is 0.273 e. The summed E-state index contributed by atoms with van der Waals surface area (Å²) in [7, 11) is 0. The third kappa shape index (κ3) is 2.96. The van der Waals surface area contributed by atoms with Gasteiger partial charge in [-0.3, -0.25) is 4.79 Å². The second-order valence-corrected chi connectivity index (χ2v) is 4.06. The van der Waals surface area contributed by atoms with Gasteiger partial charge < -0.3 is 9.73 Å². The van der Waals surface area contributed by atoms with Gasteiger partial charge in [-0.05, 0) is 25.1 Å². The van der Waals surface area contributed by atoms with Crippen LogP contribution in [0.1, 0.15) is 27.7 Å². The Hall–Kier alpha value is -2.24. The summed E-state index contributed by atoms with van der Waals surface area (Å²) in [4.78, 5) is 15.7. The Kier molecular flexibility index (Phi) is 3.59. The molecule has 0 saturated heterocycles. The molecule has 0 aliphatic rings. The topological polar surface area (TPSA) is 55.1 Å². The molecule has 0 saturated carbocycles. The molecule has 0 aliphatic heterocycles. The number of hydrogen-bond donors (Lipinski definition) is 1. The molecule has 1 aromatic heterocycles. The monoisotopic (exact) mass is 266 g/mol. The van der Waals surface area contributed by atoms with Crippen LogP contribution in [0.4, 0.5) is 8.78 Å². The van der Waals surface area contributed by atoms with Crippen molar-refractivity contribution in [3.63, 3.8) is 0 Å². The highest BCUT2D eigenvalue weighted by Crippen LogP contribution is 2.11. The zero-order valence-electron chi connectivity index (χ0n) is 10.5. The van der Waals surface area contributed by atoms with Crippen LogP contribution in [0, 0.1) is 25.5 Å². The lowest BCUT2D eigenvalue weighted by molar-refractivity contribution is 0.0944. The molecule has 0 bridgehead atoms. The Bertz CT molecular complexity index is 623. The number of hydrogen-bond acceptors (Lipinski definition) is 3. The molecule has 1 aromatic carbocycles. The highest BCUT2D eigenvalue weighted by Gasteiger charge is 2.15. The van der Waals surface area contributed by atoms with E-state index in [0.29, 0.717) is 11.7 Å². The first kappa shape index (κ1) is 13.2. The zero-order chi connectivity index (χ0) is 14.0. The molecule has 1 heterocycles. The molecule has 0 spiro atoms. The van der Waals surface area contributed by atoms with Crippen molar-refractivity contribution in [1.29, 1.82) is 0 Å². The fourth-order valence-electron chi connectivity index (χ4n) is 1.68. The normalized spacial score (nSPS) is 10.5. The van der Waals surface area contributed by atoms with Gasteiger partial charge in [0.25, 0.3) is 5.91 Å². The Morgan fingerprint density at radius 3 is 2.74 bits per heavy atom. The minimum Gasteiger partial charge on any atom is -0.445 e. The van der Waals surface area contributed by atoms with Crippen molar-refractivity contribution in [2.75, 3.05) is 0 Å². The first-order valence-corrected chi connectivity index (χ1v) is 5.63. The molecule has 0 atom stereocenters. The Morgan fingerprint density at radius 2 is 2.11 bits per heavy atom. The largest absolute Gasteiger partial charge is 0.445 e. The number of carbonyl (C=O) groups is 1. The molecule has 6 heteroatoms. The summed E-state index contributed by atoms with van der Waals surface area (Å²) >= 11 is 0. The lowest BCUT2D eigenvalue weighted by atomic mass is 10.2. The van der Waals surface area contributed by atoms with Crippen LogP contribution in [0.3, 0.4) is 0 Å². The fraction of sp³-hybridized carbons (Fsp3) is 0.231. The second-order valence-electron chi connectivity index (χ2n) is 4.06. The summed E-state index contributed by atoms with van der Waals surface area (Å²) in [6.45, 7) is 3.11. The van der Waals surface area contributed by atoms with Crippen molar-refractivity contribution in [2.24, 2.45) is 0 Å². The van der Waals surface area contributed by atoms with Gasteiger partial charge in [-0.1, -0.05) is 0 Å². The van der Waals surface area contributed by atoms with Crippen LogP contribution in [0.5, 0.6) is 0 Å².